The molecule has 3 aliphatic rings. The van der Waals surface area contributed by atoms with Crippen molar-refractivity contribution in [1.82, 2.24) is 34.4 Å². The monoisotopic (exact) mass is 465 g/mol. The molecule has 9 nitrogen and oxygen atoms in total. The van der Waals surface area contributed by atoms with Gasteiger partial charge in [0.25, 0.3) is 0 Å². The number of nitrogens with zero attached hydrogens (tertiary/aromatic N) is 8. The summed E-state index contributed by atoms with van der Waals surface area (Å²) >= 11 is 0. The standard InChI is InChI=1S/C26H27N9/c1-33-10-12-34(13-11-33)24-14-18(6-8-27-24)30-26-28-15-21-19(4-5-22(21)32-26)23-7-9-35-25(31-23)20(16-29-35)17-2-3-17/h4,6-9,14-17H,2-3,5,10-13H2,1H3,(H,27,28,30,32). The van der Waals surface area contributed by atoms with E-state index in [4.69, 9.17) is 9.97 Å². The van der Waals surface area contributed by atoms with Gasteiger partial charge < -0.3 is 15.1 Å². The van der Waals surface area contributed by atoms with Crippen LogP contribution in [0, 0.1) is 0 Å². The molecule has 0 unspecified atom stereocenters. The molecule has 176 valence electrons. The summed E-state index contributed by atoms with van der Waals surface area (Å²) in [5, 5.41) is 7.85. The normalized spacial score (nSPS) is 18.1. The smallest absolute Gasteiger partial charge is 0.227 e. The summed E-state index contributed by atoms with van der Waals surface area (Å²) in [5.41, 5.74) is 7.28. The predicted molar refractivity (Wildman–Crippen MR) is 135 cm³/mol. The highest BCUT2D eigenvalue weighted by Gasteiger charge is 2.28. The molecule has 1 N–H and O–H groups in total. The van der Waals surface area contributed by atoms with Crippen molar-refractivity contribution < 1.29 is 0 Å². The first-order valence-corrected chi connectivity index (χ1v) is 12.3. The number of nitrogens with one attached hydrogen (secondary N) is 1. The maximum atomic E-state index is 4.97. The number of hydrogen-bond donors (Lipinski definition) is 1. The van der Waals surface area contributed by atoms with E-state index in [1.165, 1.54) is 18.4 Å². The van der Waals surface area contributed by atoms with Crippen LogP contribution >= 0.6 is 0 Å². The van der Waals surface area contributed by atoms with Crippen molar-refractivity contribution in [3.05, 3.63) is 71.6 Å². The average Bonchev–Trinajstić information content (AvgIpc) is 3.50. The van der Waals surface area contributed by atoms with Gasteiger partial charge in [0.2, 0.25) is 5.95 Å². The van der Waals surface area contributed by atoms with Crippen LogP contribution < -0.4 is 10.2 Å². The lowest BCUT2D eigenvalue weighted by Gasteiger charge is -2.33. The summed E-state index contributed by atoms with van der Waals surface area (Å²) in [6.07, 6.45) is 13.2. The number of fused-ring (bicyclic) bond motifs is 2. The number of anilines is 3. The molecule has 2 aliphatic carbocycles. The molecule has 1 aliphatic heterocycles. The van der Waals surface area contributed by atoms with Crippen LogP contribution in [0.2, 0.25) is 0 Å². The SMILES string of the molecule is CN1CCN(c2cc(Nc3ncc4c(n3)CC=C4c3ccn4ncc(C5CC5)c4n3)ccn2)CC1. The zero-order valence-corrected chi connectivity index (χ0v) is 19.7. The van der Waals surface area contributed by atoms with E-state index >= 15 is 0 Å². The summed E-state index contributed by atoms with van der Waals surface area (Å²) in [6, 6.07) is 6.07. The number of aromatic nitrogens is 6. The Morgan fingerprint density at radius 3 is 2.74 bits per heavy atom. The average molecular weight is 466 g/mol. The summed E-state index contributed by atoms with van der Waals surface area (Å²) < 4.78 is 1.88. The van der Waals surface area contributed by atoms with Crippen LogP contribution in [0.1, 0.15) is 41.3 Å². The zero-order chi connectivity index (χ0) is 23.4. The van der Waals surface area contributed by atoms with Crippen molar-refractivity contribution in [2.45, 2.75) is 25.2 Å². The lowest BCUT2D eigenvalue weighted by Crippen LogP contribution is -2.44. The number of allylic oxidation sites excluding steroid dienone is 1. The zero-order valence-electron chi connectivity index (χ0n) is 19.7. The lowest BCUT2D eigenvalue weighted by atomic mass is 10.1. The van der Waals surface area contributed by atoms with Crippen LogP contribution in [-0.4, -0.2) is 67.7 Å². The van der Waals surface area contributed by atoms with Gasteiger partial charge >= 0.3 is 0 Å². The van der Waals surface area contributed by atoms with Crippen molar-refractivity contribution in [3.8, 4) is 0 Å². The van der Waals surface area contributed by atoms with E-state index in [0.717, 1.165) is 72.3 Å². The predicted octanol–water partition coefficient (Wildman–Crippen LogP) is 3.27. The largest absolute Gasteiger partial charge is 0.354 e. The maximum absolute atomic E-state index is 4.97. The van der Waals surface area contributed by atoms with Crippen molar-refractivity contribution in [1.29, 1.82) is 0 Å². The van der Waals surface area contributed by atoms with Gasteiger partial charge in [-0.2, -0.15) is 5.10 Å². The number of pyridine rings is 1. The maximum Gasteiger partial charge on any atom is 0.227 e. The molecule has 0 spiro atoms. The fourth-order valence-corrected chi connectivity index (χ4v) is 4.96. The van der Waals surface area contributed by atoms with E-state index in [-0.39, 0.29) is 0 Å². The molecule has 0 aromatic carbocycles. The van der Waals surface area contributed by atoms with E-state index in [9.17, 15) is 0 Å². The van der Waals surface area contributed by atoms with E-state index < -0.39 is 0 Å². The molecule has 1 saturated carbocycles. The fourth-order valence-electron chi connectivity index (χ4n) is 4.96. The number of rotatable bonds is 5. The summed E-state index contributed by atoms with van der Waals surface area (Å²) in [7, 11) is 2.16. The van der Waals surface area contributed by atoms with Gasteiger partial charge in [0.1, 0.15) is 5.82 Å². The number of likely N-dealkylation sites (N-methyl/N-ethyl adjacent to an activating group) is 1. The van der Waals surface area contributed by atoms with Gasteiger partial charge in [-0.25, -0.2) is 24.5 Å². The summed E-state index contributed by atoms with van der Waals surface area (Å²) in [6.45, 7) is 4.07. The lowest BCUT2D eigenvalue weighted by molar-refractivity contribution is 0.312. The highest BCUT2D eigenvalue weighted by molar-refractivity contribution is 5.83. The number of hydrogen-bond acceptors (Lipinski definition) is 8. The minimum atomic E-state index is 0.601. The quantitative estimate of drug-likeness (QED) is 0.481. The first kappa shape index (κ1) is 20.5. The Kier molecular flexibility index (Phi) is 4.76. The van der Waals surface area contributed by atoms with Crippen molar-refractivity contribution in [3.63, 3.8) is 0 Å². The van der Waals surface area contributed by atoms with E-state index in [1.54, 1.807) is 0 Å². The molecule has 4 aromatic heterocycles. The summed E-state index contributed by atoms with van der Waals surface area (Å²) in [5.74, 6) is 2.20. The third-order valence-electron chi connectivity index (χ3n) is 7.18. The Balaban J connectivity index is 1.12. The molecule has 0 atom stereocenters. The van der Waals surface area contributed by atoms with Gasteiger partial charge in [0.05, 0.1) is 17.6 Å². The van der Waals surface area contributed by atoms with Crippen LogP contribution in [0.15, 0.2) is 49.1 Å². The highest BCUT2D eigenvalue weighted by atomic mass is 15.3. The number of piperazine rings is 1. The van der Waals surface area contributed by atoms with Gasteiger partial charge in [0, 0.05) is 79.6 Å². The molecule has 0 radical (unpaired) electrons. The van der Waals surface area contributed by atoms with Crippen LogP contribution in [-0.2, 0) is 6.42 Å². The van der Waals surface area contributed by atoms with Gasteiger partial charge in [0.15, 0.2) is 5.65 Å². The van der Waals surface area contributed by atoms with E-state index in [1.807, 2.05) is 41.4 Å². The van der Waals surface area contributed by atoms with Gasteiger partial charge in [-0.05, 0) is 37.9 Å². The second-order valence-corrected chi connectivity index (χ2v) is 9.65. The molecule has 0 amide bonds. The van der Waals surface area contributed by atoms with Crippen LogP contribution in [0.4, 0.5) is 17.5 Å². The third kappa shape index (κ3) is 3.81. The van der Waals surface area contributed by atoms with E-state index in [2.05, 4.69) is 49.4 Å². The van der Waals surface area contributed by atoms with Crippen LogP contribution in [0.5, 0.6) is 0 Å². The van der Waals surface area contributed by atoms with E-state index in [0.29, 0.717) is 11.9 Å². The Morgan fingerprint density at radius 1 is 1.00 bits per heavy atom. The second kappa shape index (κ2) is 8.13. The molecule has 2 fully saturated rings. The molecule has 5 heterocycles. The third-order valence-corrected chi connectivity index (χ3v) is 7.18. The van der Waals surface area contributed by atoms with Crippen molar-refractivity contribution >= 4 is 28.7 Å². The molecule has 4 aromatic rings. The van der Waals surface area contributed by atoms with Crippen LogP contribution in [0.25, 0.3) is 11.2 Å². The van der Waals surface area contributed by atoms with Crippen molar-refractivity contribution in [2.24, 2.45) is 0 Å². The Labute approximate surface area is 203 Å². The molecule has 9 heteroatoms. The van der Waals surface area contributed by atoms with Crippen LogP contribution in [0.3, 0.4) is 0 Å². The Morgan fingerprint density at radius 2 is 1.89 bits per heavy atom. The molecular weight excluding hydrogens is 438 g/mol. The molecule has 35 heavy (non-hydrogen) atoms. The van der Waals surface area contributed by atoms with Gasteiger partial charge in [-0.3, -0.25) is 0 Å². The minimum Gasteiger partial charge on any atom is -0.354 e. The first-order valence-electron chi connectivity index (χ1n) is 12.3. The highest BCUT2D eigenvalue weighted by Crippen LogP contribution is 2.42. The molecule has 0 bridgehead atoms. The van der Waals surface area contributed by atoms with Gasteiger partial charge in [-0.1, -0.05) is 6.08 Å². The fraction of sp³-hybridized carbons (Fsp3) is 0.346. The molecule has 7 rings (SSSR count). The van der Waals surface area contributed by atoms with Gasteiger partial charge in [-0.15, -0.1) is 0 Å². The molecular formula is C26H27N9. The topological polar surface area (TPSA) is 87.4 Å². The first-order chi connectivity index (χ1) is 17.2. The second-order valence-electron chi connectivity index (χ2n) is 9.65. The minimum absolute atomic E-state index is 0.601. The summed E-state index contributed by atoms with van der Waals surface area (Å²) in [4.78, 5) is 23.7. The molecule has 1 saturated heterocycles. The van der Waals surface area contributed by atoms with Crippen molar-refractivity contribution in [2.75, 3.05) is 43.4 Å². The Bertz CT molecular complexity index is 1440. The Hall–Kier alpha value is -3.85.